The van der Waals surface area contributed by atoms with Crippen LogP contribution in [0.15, 0.2) is 31.8 Å². The molecule has 0 atom stereocenters. The van der Waals surface area contributed by atoms with E-state index in [2.05, 4.69) is 37.7 Å². The molecule has 4 heterocycles. The number of likely N-dealkylation sites (N-methyl/N-ethyl adjacent to an activating group) is 2. The molecule has 4 rings (SSSR count). The van der Waals surface area contributed by atoms with Crippen LogP contribution in [0.1, 0.15) is 79.1 Å². The van der Waals surface area contributed by atoms with Crippen molar-refractivity contribution in [2.24, 2.45) is 28.2 Å². The van der Waals surface area contributed by atoms with Crippen LogP contribution in [0, 0.1) is 0 Å². The number of unbranched alkanes of at least 4 members (excludes halogenated alkanes) is 7. The number of aromatic nitrogens is 8. The second kappa shape index (κ2) is 20.0. The van der Waals surface area contributed by atoms with E-state index in [0.717, 1.165) is 74.2 Å². The topological polar surface area (TPSA) is 124 Å². The van der Waals surface area contributed by atoms with Gasteiger partial charge in [0, 0.05) is 28.2 Å². The number of halogens is 2. The molecule has 0 N–H and O–H groups in total. The van der Waals surface area contributed by atoms with Crippen LogP contribution in [0.25, 0.3) is 22.3 Å². The summed E-state index contributed by atoms with van der Waals surface area (Å²) in [7, 11) is 6.94. The minimum atomic E-state index is -0.302. The maximum Gasteiger partial charge on any atom is 0.332 e. The Morgan fingerprint density at radius 3 is 1.12 bits per heavy atom. The Bertz CT molecular complexity index is 1840. The van der Waals surface area contributed by atoms with Crippen molar-refractivity contribution in [2.75, 3.05) is 52.4 Å². The molecule has 0 amide bonds. The van der Waals surface area contributed by atoms with Gasteiger partial charge in [-0.3, -0.25) is 27.9 Å². The Morgan fingerprint density at radius 1 is 0.500 bits per heavy atom. The van der Waals surface area contributed by atoms with Gasteiger partial charge in [-0.25, -0.2) is 19.6 Å². The van der Waals surface area contributed by atoms with E-state index in [1.54, 1.807) is 50.0 Å². The zero-order valence-corrected chi connectivity index (χ0v) is 35.9. The van der Waals surface area contributed by atoms with Gasteiger partial charge in [0.05, 0.1) is 78.1 Å². The van der Waals surface area contributed by atoms with Gasteiger partial charge in [0.15, 0.2) is 22.3 Å². The third-order valence-corrected chi connectivity index (χ3v) is 11.7. The van der Waals surface area contributed by atoms with E-state index in [9.17, 15) is 19.2 Å². The van der Waals surface area contributed by atoms with Crippen LogP contribution < -0.4 is 56.5 Å². The summed E-state index contributed by atoms with van der Waals surface area (Å²) in [4.78, 5) is 60.9. The Morgan fingerprint density at radius 2 is 0.808 bits per heavy atom. The van der Waals surface area contributed by atoms with E-state index >= 15 is 0 Å². The van der Waals surface area contributed by atoms with Crippen molar-refractivity contribution in [2.45, 2.75) is 92.2 Å². The normalized spacial score (nSPS) is 12.1. The highest BCUT2D eigenvalue weighted by Gasteiger charge is 2.26. The van der Waals surface area contributed by atoms with E-state index in [0.29, 0.717) is 35.4 Å². The van der Waals surface area contributed by atoms with Crippen LogP contribution in [0.4, 0.5) is 0 Å². The van der Waals surface area contributed by atoms with Gasteiger partial charge in [-0.15, -0.1) is 0 Å². The largest absolute Gasteiger partial charge is 1.00 e. The van der Waals surface area contributed by atoms with Gasteiger partial charge in [-0.2, -0.15) is 0 Å². The van der Waals surface area contributed by atoms with E-state index in [4.69, 9.17) is 0 Å². The lowest BCUT2D eigenvalue weighted by molar-refractivity contribution is -0.925. The first kappa shape index (κ1) is 45.3. The molecule has 0 radical (unpaired) electrons. The predicted octanol–water partition coefficient (Wildman–Crippen LogP) is -3.28. The van der Waals surface area contributed by atoms with Gasteiger partial charge in [0.25, 0.3) is 11.1 Å². The van der Waals surface area contributed by atoms with Crippen molar-refractivity contribution < 1.29 is 42.9 Å². The smallest absolute Gasteiger partial charge is 0.332 e. The molecule has 4 aromatic rings. The van der Waals surface area contributed by atoms with Gasteiger partial charge in [0.1, 0.15) is 0 Å². The Balaban J connectivity index is 0.00000468. The van der Waals surface area contributed by atoms with Crippen molar-refractivity contribution in [3.8, 4) is 0 Å². The monoisotopic (exact) mass is 856 g/mol. The second-order valence-electron chi connectivity index (χ2n) is 14.3. The van der Waals surface area contributed by atoms with E-state index in [-0.39, 0.29) is 56.5 Å². The first-order valence-corrected chi connectivity index (χ1v) is 18.8. The molecule has 0 saturated heterocycles. The lowest BCUT2D eigenvalue weighted by Crippen LogP contribution is -3.00. The highest BCUT2D eigenvalue weighted by atomic mass is 79.9. The summed E-state index contributed by atoms with van der Waals surface area (Å²) in [5.74, 6) is 0. The van der Waals surface area contributed by atoms with Crippen LogP contribution in [0.3, 0.4) is 0 Å². The molecule has 0 aromatic carbocycles. The van der Waals surface area contributed by atoms with Gasteiger partial charge in [0.2, 0.25) is 0 Å². The summed E-state index contributed by atoms with van der Waals surface area (Å²) in [6.07, 6.45) is 12.7. The van der Waals surface area contributed by atoms with Crippen LogP contribution in [-0.4, -0.2) is 98.7 Å². The minimum Gasteiger partial charge on any atom is -1.00 e. The van der Waals surface area contributed by atoms with Gasteiger partial charge in [-0.1, -0.05) is 25.7 Å². The average Bonchev–Trinajstić information content (AvgIpc) is 3.71. The first-order valence-electron chi connectivity index (χ1n) is 18.8. The van der Waals surface area contributed by atoms with Crippen LogP contribution in [0.5, 0.6) is 0 Å². The van der Waals surface area contributed by atoms with Crippen molar-refractivity contribution in [1.29, 1.82) is 0 Å². The Labute approximate surface area is 328 Å². The minimum absolute atomic E-state index is 0. The van der Waals surface area contributed by atoms with Crippen molar-refractivity contribution >= 4 is 22.3 Å². The standard InChI is InChI=1S/C36H62N10O4.2BrH/c1-9-45(10-2,25-21-43-33(47)29-31(37-27-39(29)5)41(7)35(43)49)23-19-17-15-13-14-16-18-20-24-46(11-3,12-4)26-22-44-34(48)30-32(38-28-40(30)6)42(8)36(44)50;;/h27-28H,9-26H2,1-8H3;2*1H/q+2;;/p-2. The van der Waals surface area contributed by atoms with Gasteiger partial charge in [-0.05, 0) is 53.4 Å². The fourth-order valence-corrected chi connectivity index (χ4v) is 7.70. The maximum absolute atomic E-state index is 13.2. The molecule has 0 spiro atoms. The molecular formula is C36H62Br2N10O4. The third kappa shape index (κ3) is 9.64. The molecule has 52 heavy (non-hydrogen) atoms. The molecule has 294 valence electrons. The molecule has 0 aliphatic heterocycles. The zero-order valence-electron chi connectivity index (χ0n) is 32.7. The molecule has 0 saturated carbocycles. The number of hydrogen-bond acceptors (Lipinski definition) is 6. The molecule has 14 nitrogen and oxygen atoms in total. The van der Waals surface area contributed by atoms with Gasteiger partial charge < -0.3 is 52.1 Å². The summed E-state index contributed by atoms with van der Waals surface area (Å²) in [6.45, 7) is 17.2. The summed E-state index contributed by atoms with van der Waals surface area (Å²) in [6, 6.07) is 0. The molecular weight excluding hydrogens is 796 g/mol. The summed E-state index contributed by atoms with van der Waals surface area (Å²) in [5.41, 5.74) is 0.669. The number of imidazole rings is 2. The fraction of sp³-hybridized carbons (Fsp3) is 0.722. The molecule has 4 aromatic heterocycles. The first-order chi connectivity index (χ1) is 23.9. The number of rotatable bonds is 21. The number of hydrogen-bond donors (Lipinski definition) is 0. The molecule has 16 heteroatoms. The van der Waals surface area contributed by atoms with Crippen LogP contribution >= 0.6 is 0 Å². The molecule has 0 aliphatic rings. The fourth-order valence-electron chi connectivity index (χ4n) is 7.70. The quantitative estimate of drug-likeness (QED) is 0.0641. The molecule has 0 bridgehead atoms. The Kier molecular flexibility index (Phi) is 17.5. The number of fused-ring (bicyclic) bond motifs is 2. The Hall–Kier alpha value is -2.82. The molecule has 0 aliphatic carbocycles. The van der Waals surface area contributed by atoms with Crippen LogP contribution in [-0.2, 0) is 41.3 Å². The second-order valence-corrected chi connectivity index (χ2v) is 14.3. The van der Waals surface area contributed by atoms with Crippen molar-refractivity contribution in [3.63, 3.8) is 0 Å². The maximum atomic E-state index is 13.2. The van der Waals surface area contributed by atoms with E-state index in [1.807, 2.05) is 0 Å². The summed E-state index contributed by atoms with van der Waals surface area (Å²) < 4.78 is 10.9. The van der Waals surface area contributed by atoms with E-state index in [1.165, 1.54) is 56.8 Å². The lowest BCUT2D eigenvalue weighted by atomic mass is 10.1. The number of quaternary nitrogens is 2. The average molecular weight is 859 g/mol. The van der Waals surface area contributed by atoms with Crippen molar-refractivity contribution in [3.05, 3.63) is 54.3 Å². The number of aryl methyl sites for hydroxylation is 4. The number of nitrogens with zero attached hydrogens (tertiary/aromatic N) is 10. The summed E-state index contributed by atoms with van der Waals surface area (Å²) >= 11 is 0. The van der Waals surface area contributed by atoms with Crippen LogP contribution in [0.2, 0.25) is 0 Å². The summed E-state index contributed by atoms with van der Waals surface area (Å²) in [5, 5.41) is 0. The zero-order chi connectivity index (χ0) is 36.6. The highest BCUT2D eigenvalue weighted by molar-refractivity contribution is 5.70. The highest BCUT2D eigenvalue weighted by Crippen LogP contribution is 2.16. The van der Waals surface area contributed by atoms with Crippen molar-refractivity contribution in [1.82, 2.24) is 37.4 Å². The SMILES string of the molecule is CC[N+](CC)(CCCCCCCCCC[N+](CC)(CC)CCn1c(=O)c2c(ncn2C)n(C)c1=O)CCn1c(=O)c2c(ncn2C)n(C)c1=O.[Br-].[Br-]. The third-order valence-electron chi connectivity index (χ3n) is 11.7. The van der Waals surface area contributed by atoms with E-state index < -0.39 is 0 Å². The lowest BCUT2D eigenvalue weighted by Gasteiger charge is -2.37. The molecule has 0 fully saturated rings. The molecule has 0 unspecified atom stereocenters. The predicted molar refractivity (Wildman–Crippen MR) is 200 cm³/mol. The van der Waals surface area contributed by atoms with Gasteiger partial charge >= 0.3 is 11.4 Å².